The summed E-state index contributed by atoms with van der Waals surface area (Å²) in [6.07, 6.45) is 4.27. The number of hydrogen-bond acceptors (Lipinski definition) is 9. The standard InChI is InChI=1S/C32H46N2O9/c1-38-17-18-39-19-20-40-21-22-41-23-24-42-26-31(36)33-16-15-32(37)43-34-30(35)25-29-13-11-28(12-14-29)10-6-5-9-27-7-3-2-4-8-27/h2-4,7-8,11-14H,5-6,9-10,15-26H2,1H3,(H,33,36)(H,34,35). The van der Waals surface area contributed by atoms with Crippen molar-refractivity contribution >= 4 is 17.8 Å². The van der Waals surface area contributed by atoms with Crippen LogP contribution in [0.3, 0.4) is 0 Å². The average molecular weight is 603 g/mol. The van der Waals surface area contributed by atoms with Gasteiger partial charge in [-0.05, 0) is 42.4 Å². The quantitative estimate of drug-likeness (QED) is 0.138. The summed E-state index contributed by atoms with van der Waals surface area (Å²) in [6.45, 7) is 3.41. The molecule has 0 atom stereocenters. The van der Waals surface area contributed by atoms with Crippen LogP contribution >= 0.6 is 0 Å². The summed E-state index contributed by atoms with van der Waals surface area (Å²) < 4.78 is 26.1. The number of carbonyl (C=O) groups is 3. The molecular weight excluding hydrogens is 556 g/mol. The summed E-state index contributed by atoms with van der Waals surface area (Å²) in [5.41, 5.74) is 5.57. The number of methoxy groups -OCH3 is 1. The fraction of sp³-hybridized carbons (Fsp3) is 0.531. The number of carbonyl (C=O) groups excluding carboxylic acids is 3. The number of nitrogens with one attached hydrogen (secondary N) is 2. The number of aryl methyl sites for hydroxylation is 2. The zero-order chi connectivity index (χ0) is 30.8. The van der Waals surface area contributed by atoms with Gasteiger partial charge in [-0.1, -0.05) is 54.6 Å². The van der Waals surface area contributed by atoms with Gasteiger partial charge in [-0.25, -0.2) is 4.79 Å². The minimum atomic E-state index is -0.655. The van der Waals surface area contributed by atoms with E-state index in [4.69, 9.17) is 28.5 Å². The van der Waals surface area contributed by atoms with Gasteiger partial charge in [0, 0.05) is 13.7 Å². The van der Waals surface area contributed by atoms with Gasteiger partial charge in [0.1, 0.15) is 6.61 Å². The number of hydrogen-bond donors (Lipinski definition) is 2. The van der Waals surface area contributed by atoms with Gasteiger partial charge in [-0.3, -0.25) is 9.59 Å². The number of hydroxylamine groups is 1. The highest BCUT2D eigenvalue weighted by molar-refractivity contribution is 5.80. The summed E-state index contributed by atoms with van der Waals surface area (Å²) in [5.74, 6) is -1.45. The first-order valence-corrected chi connectivity index (χ1v) is 14.7. The Labute approximate surface area is 254 Å². The van der Waals surface area contributed by atoms with Crippen LogP contribution < -0.4 is 10.8 Å². The summed E-state index contributed by atoms with van der Waals surface area (Å²) in [4.78, 5) is 40.6. The Hall–Kier alpha value is -3.35. The van der Waals surface area contributed by atoms with E-state index >= 15 is 0 Å². The lowest BCUT2D eigenvalue weighted by molar-refractivity contribution is -0.158. The molecule has 0 aliphatic rings. The minimum Gasteiger partial charge on any atom is -0.382 e. The molecule has 2 aromatic rings. The van der Waals surface area contributed by atoms with E-state index in [-0.39, 0.29) is 38.5 Å². The first-order valence-electron chi connectivity index (χ1n) is 14.7. The average Bonchev–Trinajstić information content (AvgIpc) is 3.02. The van der Waals surface area contributed by atoms with E-state index in [9.17, 15) is 14.4 Å². The zero-order valence-corrected chi connectivity index (χ0v) is 25.2. The number of unbranched alkanes of at least 4 members (excludes halogenated alkanes) is 1. The molecule has 0 aromatic heterocycles. The van der Waals surface area contributed by atoms with Crippen molar-refractivity contribution in [1.29, 1.82) is 0 Å². The minimum absolute atomic E-state index is 0.0622. The van der Waals surface area contributed by atoms with Crippen LogP contribution in [0.5, 0.6) is 0 Å². The molecule has 0 aliphatic heterocycles. The van der Waals surface area contributed by atoms with E-state index in [2.05, 4.69) is 35.1 Å². The molecule has 11 heteroatoms. The first-order chi connectivity index (χ1) is 21.1. The highest BCUT2D eigenvalue weighted by Gasteiger charge is 2.09. The maximum atomic E-state index is 12.1. The summed E-state index contributed by atoms with van der Waals surface area (Å²) in [7, 11) is 1.62. The fourth-order valence-corrected chi connectivity index (χ4v) is 3.83. The Kier molecular flexibility index (Phi) is 20.1. The van der Waals surface area contributed by atoms with E-state index in [1.807, 2.05) is 30.3 Å². The second-order valence-corrected chi connectivity index (χ2v) is 9.67. The lowest BCUT2D eigenvalue weighted by atomic mass is 10.0. The summed E-state index contributed by atoms with van der Waals surface area (Å²) in [5, 5.41) is 2.56. The normalized spacial score (nSPS) is 10.8. The number of ether oxygens (including phenoxy) is 5. The Morgan fingerprint density at radius 1 is 0.628 bits per heavy atom. The Morgan fingerprint density at radius 2 is 1.16 bits per heavy atom. The predicted octanol–water partition coefficient (Wildman–Crippen LogP) is 2.59. The maximum Gasteiger partial charge on any atom is 0.334 e. The van der Waals surface area contributed by atoms with Crippen molar-refractivity contribution in [2.75, 3.05) is 73.1 Å². The molecule has 238 valence electrons. The highest BCUT2D eigenvalue weighted by Crippen LogP contribution is 2.11. The van der Waals surface area contributed by atoms with E-state index in [1.54, 1.807) is 7.11 Å². The monoisotopic (exact) mass is 602 g/mol. The maximum absolute atomic E-state index is 12.1. The van der Waals surface area contributed by atoms with Gasteiger partial charge in [0.25, 0.3) is 5.91 Å². The number of benzene rings is 2. The molecule has 0 spiro atoms. The molecule has 2 rings (SSSR count). The molecule has 0 radical (unpaired) electrons. The van der Waals surface area contributed by atoms with Gasteiger partial charge < -0.3 is 33.8 Å². The van der Waals surface area contributed by atoms with E-state index in [1.165, 1.54) is 11.1 Å². The molecule has 43 heavy (non-hydrogen) atoms. The van der Waals surface area contributed by atoms with Gasteiger partial charge in [0.15, 0.2) is 0 Å². The van der Waals surface area contributed by atoms with Crippen molar-refractivity contribution in [3.05, 3.63) is 71.3 Å². The molecule has 0 aliphatic carbocycles. The molecule has 0 saturated heterocycles. The van der Waals surface area contributed by atoms with Gasteiger partial charge in [-0.2, -0.15) is 5.48 Å². The Balaban J connectivity index is 1.41. The molecule has 0 saturated carbocycles. The Morgan fingerprint density at radius 3 is 1.77 bits per heavy atom. The van der Waals surface area contributed by atoms with Crippen LogP contribution in [0, 0.1) is 0 Å². The van der Waals surface area contributed by atoms with Gasteiger partial charge in [0.05, 0.1) is 65.7 Å². The molecule has 11 nitrogen and oxygen atoms in total. The first kappa shape index (κ1) is 35.8. The van der Waals surface area contributed by atoms with Crippen molar-refractivity contribution in [2.24, 2.45) is 0 Å². The smallest absolute Gasteiger partial charge is 0.334 e. The molecule has 2 N–H and O–H groups in total. The van der Waals surface area contributed by atoms with Crippen LogP contribution in [0.1, 0.15) is 36.0 Å². The van der Waals surface area contributed by atoms with Crippen LogP contribution in [0.4, 0.5) is 0 Å². The molecule has 2 aromatic carbocycles. The molecule has 0 unspecified atom stereocenters. The lowest BCUT2D eigenvalue weighted by Gasteiger charge is -2.08. The van der Waals surface area contributed by atoms with Crippen molar-refractivity contribution in [3.8, 4) is 0 Å². The van der Waals surface area contributed by atoms with Gasteiger partial charge in [-0.15, -0.1) is 0 Å². The second kappa shape index (κ2) is 24.1. The third-order valence-electron chi connectivity index (χ3n) is 6.12. The summed E-state index contributed by atoms with van der Waals surface area (Å²) in [6, 6.07) is 18.3. The number of amides is 2. The molecule has 0 fully saturated rings. The molecule has 2 amide bonds. The largest absolute Gasteiger partial charge is 0.382 e. The van der Waals surface area contributed by atoms with Gasteiger partial charge in [0.2, 0.25) is 5.91 Å². The van der Waals surface area contributed by atoms with Crippen LogP contribution in [0.15, 0.2) is 54.6 Å². The molecule has 0 heterocycles. The lowest BCUT2D eigenvalue weighted by Crippen LogP contribution is -2.33. The molecule has 0 bridgehead atoms. The topological polar surface area (TPSA) is 131 Å². The Bertz CT molecular complexity index is 1020. The van der Waals surface area contributed by atoms with Crippen molar-refractivity contribution < 1.29 is 42.9 Å². The van der Waals surface area contributed by atoms with Crippen molar-refractivity contribution in [1.82, 2.24) is 10.8 Å². The number of rotatable bonds is 24. The van der Waals surface area contributed by atoms with Gasteiger partial charge >= 0.3 is 5.97 Å². The van der Waals surface area contributed by atoms with Crippen LogP contribution in [-0.2, 0) is 62.2 Å². The second-order valence-electron chi connectivity index (χ2n) is 9.67. The van der Waals surface area contributed by atoms with Crippen LogP contribution in [-0.4, -0.2) is 90.9 Å². The third-order valence-corrected chi connectivity index (χ3v) is 6.12. The highest BCUT2D eigenvalue weighted by atomic mass is 16.7. The van der Waals surface area contributed by atoms with Crippen LogP contribution in [0.2, 0.25) is 0 Å². The third kappa shape index (κ3) is 19.5. The van der Waals surface area contributed by atoms with Crippen LogP contribution in [0.25, 0.3) is 0 Å². The zero-order valence-electron chi connectivity index (χ0n) is 25.2. The predicted molar refractivity (Wildman–Crippen MR) is 160 cm³/mol. The van der Waals surface area contributed by atoms with Crippen molar-refractivity contribution in [3.63, 3.8) is 0 Å². The molecular formula is C32H46N2O9. The van der Waals surface area contributed by atoms with Crippen molar-refractivity contribution in [2.45, 2.75) is 38.5 Å². The SMILES string of the molecule is COCCOCCOCCOCCOCC(=O)NCCC(=O)ONC(=O)Cc1ccc(CCCCc2ccccc2)cc1. The van der Waals surface area contributed by atoms with E-state index in [0.29, 0.717) is 46.2 Å². The summed E-state index contributed by atoms with van der Waals surface area (Å²) >= 11 is 0. The van der Waals surface area contributed by atoms with E-state index in [0.717, 1.165) is 31.2 Å². The van der Waals surface area contributed by atoms with E-state index < -0.39 is 11.9 Å². The fourth-order valence-electron chi connectivity index (χ4n) is 3.83.